The van der Waals surface area contributed by atoms with Crippen LogP contribution >= 0.6 is 11.6 Å². The summed E-state index contributed by atoms with van der Waals surface area (Å²) >= 11 is 5.98. The van der Waals surface area contributed by atoms with Gasteiger partial charge < -0.3 is 19.7 Å². The molecule has 0 spiro atoms. The van der Waals surface area contributed by atoms with E-state index in [1.54, 1.807) is 23.1 Å². The average Bonchev–Trinajstić information content (AvgIpc) is 3.18. The predicted molar refractivity (Wildman–Crippen MR) is 109 cm³/mol. The zero-order valence-corrected chi connectivity index (χ0v) is 16.9. The van der Waals surface area contributed by atoms with E-state index in [2.05, 4.69) is 10.2 Å². The fourth-order valence-corrected chi connectivity index (χ4v) is 3.63. The summed E-state index contributed by atoms with van der Waals surface area (Å²) in [4.78, 5) is 28.7. The molecule has 1 saturated heterocycles. The lowest BCUT2D eigenvalue weighted by molar-refractivity contribution is -0.144. The summed E-state index contributed by atoms with van der Waals surface area (Å²) in [5.74, 6) is 0.376. The molecule has 7 nitrogen and oxygen atoms in total. The number of nitrogens with one attached hydrogen (secondary N) is 1. The van der Waals surface area contributed by atoms with Crippen molar-refractivity contribution in [1.82, 2.24) is 9.80 Å². The molecule has 1 fully saturated rings. The summed E-state index contributed by atoms with van der Waals surface area (Å²) in [6.45, 7) is 5.28. The molecule has 0 bridgehead atoms. The predicted octanol–water partition coefficient (Wildman–Crippen LogP) is 2.66. The van der Waals surface area contributed by atoms with Crippen molar-refractivity contribution in [1.29, 1.82) is 0 Å². The van der Waals surface area contributed by atoms with E-state index in [4.69, 9.17) is 21.1 Å². The number of carbonyl (C=O) groups is 2. The standard InChI is InChI=1S/C21H22ClN3O4/c1-14-2-4-16(22)11-17(14)23-20(26)21(27)25-8-6-24(7-9-25)12-15-3-5-18-19(10-15)29-13-28-18/h2-5,10-11H,6-9,12-13H2,1H3,(H,23,26). The smallest absolute Gasteiger partial charge is 0.313 e. The van der Waals surface area contributed by atoms with Gasteiger partial charge >= 0.3 is 11.8 Å². The van der Waals surface area contributed by atoms with E-state index in [-0.39, 0.29) is 6.79 Å². The number of nitrogens with zero attached hydrogens (tertiary/aromatic N) is 2. The minimum absolute atomic E-state index is 0.260. The zero-order chi connectivity index (χ0) is 20.4. The number of rotatable bonds is 3. The first kappa shape index (κ1) is 19.5. The largest absolute Gasteiger partial charge is 0.454 e. The highest BCUT2D eigenvalue weighted by Gasteiger charge is 2.26. The van der Waals surface area contributed by atoms with Gasteiger partial charge in [0.1, 0.15) is 0 Å². The third kappa shape index (κ3) is 4.46. The maximum absolute atomic E-state index is 12.5. The Bertz CT molecular complexity index is 942. The quantitative estimate of drug-likeness (QED) is 0.780. The fraction of sp³-hybridized carbons (Fsp3) is 0.333. The molecule has 2 aliphatic heterocycles. The minimum atomic E-state index is -0.639. The highest BCUT2D eigenvalue weighted by atomic mass is 35.5. The summed E-state index contributed by atoms with van der Waals surface area (Å²) in [5, 5.41) is 3.18. The Balaban J connectivity index is 1.30. The molecule has 2 aromatic carbocycles. The van der Waals surface area contributed by atoms with Crippen LogP contribution in [-0.4, -0.2) is 54.6 Å². The first-order valence-electron chi connectivity index (χ1n) is 9.47. The number of amides is 2. The van der Waals surface area contributed by atoms with Gasteiger partial charge in [0, 0.05) is 43.4 Å². The molecular weight excluding hydrogens is 394 g/mol. The highest BCUT2D eigenvalue weighted by molar-refractivity contribution is 6.39. The third-order valence-corrected chi connectivity index (χ3v) is 5.38. The van der Waals surface area contributed by atoms with Gasteiger partial charge in [-0.1, -0.05) is 23.7 Å². The molecule has 0 aromatic heterocycles. The maximum atomic E-state index is 12.5. The van der Waals surface area contributed by atoms with Crippen LogP contribution in [0.25, 0.3) is 0 Å². The van der Waals surface area contributed by atoms with Crippen molar-refractivity contribution in [2.45, 2.75) is 13.5 Å². The van der Waals surface area contributed by atoms with Crippen LogP contribution < -0.4 is 14.8 Å². The van der Waals surface area contributed by atoms with Crippen LogP contribution in [0.5, 0.6) is 11.5 Å². The van der Waals surface area contributed by atoms with Crippen molar-refractivity contribution in [3.63, 3.8) is 0 Å². The van der Waals surface area contributed by atoms with Crippen molar-refractivity contribution in [3.05, 3.63) is 52.5 Å². The second kappa shape index (κ2) is 8.31. The maximum Gasteiger partial charge on any atom is 0.313 e. The molecule has 0 saturated carbocycles. The first-order chi connectivity index (χ1) is 14.0. The van der Waals surface area contributed by atoms with E-state index in [0.717, 1.165) is 29.2 Å². The van der Waals surface area contributed by atoms with Crippen LogP contribution in [0.4, 0.5) is 5.69 Å². The van der Waals surface area contributed by atoms with Crippen molar-refractivity contribution < 1.29 is 19.1 Å². The summed E-state index contributed by atoms with van der Waals surface area (Å²) in [7, 11) is 0. The van der Waals surface area contributed by atoms with Crippen LogP contribution in [0, 0.1) is 6.92 Å². The molecule has 2 aromatic rings. The molecule has 2 amide bonds. The molecule has 0 unspecified atom stereocenters. The van der Waals surface area contributed by atoms with Crippen LogP contribution in [0.2, 0.25) is 5.02 Å². The van der Waals surface area contributed by atoms with Gasteiger partial charge in [-0.15, -0.1) is 0 Å². The Morgan fingerprint density at radius 3 is 2.59 bits per heavy atom. The summed E-state index contributed by atoms with van der Waals surface area (Å²) in [6.07, 6.45) is 0. The number of halogens is 1. The molecule has 0 radical (unpaired) electrons. The monoisotopic (exact) mass is 415 g/mol. The van der Waals surface area contributed by atoms with Gasteiger partial charge in [0.05, 0.1) is 0 Å². The fourth-order valence-electron chi connectivity index (χ4n) is 3.45. The molecule has 1 N–H and O–H groups in total. The van der Waals surface area contributed by atoms with Crippen LogP contribution in [0.3, 0.4) is 0 Å². The van der Waals surface area contributed by atoms with Gasteiger partial charge in [0.15, 0.2) is 11.5 Å². The van der Waals surface area contributed by atoms with Crippen molar-refractivity contribution in [2.24, 2.45) is 0 Å². The van der Waals surface area contributed by atoms with E-state index >= 15 is 0 Å². The topological polar surface area (TPSA) is 71.1 Å². The van der Waals surface area contributed by atoms with Gasteiger partial charge in [-0.2, -0.15) is 0 Å². The molecule has 2 aliphatic rings. The Morgan fingerprint density at radius 1 is 1.03 bits per heavy atom. The second-order valence-corrected chi connectivity index (χ2v) is 7.61. The van der Waals surface area contributed by atoms with Crippen LogP contribution in [0.15, 0.2) is 36.4 Å². The zero-order valence-electron chi connectivity index (χ0n) is 16.1. The van der Waals surface area contributed by atoms with Crippen molar-refractivity contribution >= 4 is 29.1 Å². The summed E-state index contributed by atoms with van der Waals surface area (Å²) < 4.78 is 10.8. The molecular formula is C21H22ClN3O4. The molecule has 2 heterocycles. The van der Waals surface area contributed by atoms with E-state index in [9.17, 15) is 9.59 Å². The molecule has 0 aliphatic carbocycles. The highest BCUT2D eigenvalue weighted by Crippen LogP contribution is 2.32. The Morgan fingerprint density at radius 2 is 1.79 bits per heavy atom. The molecule has 152 valence electrons. The molecule has 8 heteroatoms. The first-order valence-corrected chi connectivity index (χ1v) is 9.85. The van der Waals surface area contributed by atoms with E-state index < -0.39 is 11.8 Å². The number of fused-ring (bicyclic) bond motifs is 1. The SMILES string of the molecule is Cc1ccc(Cl)cc1NC(=O)C(=O)N1CCN(Cc2ccc3c(c2)OCO3)CC1. The van der Waals surface area contributed by atoms with E-state index in [1.165, 1.54) is 0 Å². The average molecular weight is 416 g/mol. The van der Waals surface area contributed by atoms with Gasteiger partial charge in [-0.25, -0.2) is 0 Å². The molecule has 4 rings (SSSR count). The number of carbonyl (C=O) groups excluding carboxylic acids is 2. The van der Waals surface area contributed by atoms with E-state index in [1.807, 2.05) is 25.1 Å². The summed E-state index contributed by atoms with van der Waals surface area (Å²) in [6, 6.07) is 11.1. The lowest BCUT2D eigenvalue weighted by Gasteiger charge is -2.34. The Kier molecular flexibility index (Phi) is 5.60. The van der Waals surface area contributed by atoms with Gasteiger partial charge in [0.2, 0.25) is 6.79 Å². The van der Waals surface area contributed by atoms with Gasteiger partial charge in [0.25, 0.3) is 0 Å². The number of anilines is 1. The number of benzene rings is 2. The lowest BCUT2D eigenvalue weighted by atomic mass is 10.1. The number of hydrogen-bond acceptors (Lipinski definition) is 5. The molecule has 29 heavy (non-hydrogen) atoms. The number of aryl methyl sites for hydroxylation is 1. The number of ether oxygens (including phenoxy) is 2. The third-order valence-electron chi connectivity index (χ3n) is 5.14. The van der Waals surface area contributed by atoms with E-state index in [0.29, 0.717) is 36.9 Å². The van der Waals surface area contributed by atoms with Gasteiger partial charge in [-0.05, 0) is 42.3 Å². The Labute approximate surface area is 174 Å². The van der Waals surface area contributed by atoms with Crippen LogP contribution in [0.1, 0.15) is 11.1 Å². The van der Waals surface area contributed by atoms with Crippen molar-refractivity contribution in [2.75, 3.05) is 38.3 Å². The van der Waals surface area contributed by atoms with Crippen molar-refractivity contribution in [3.8, 4) is 11.5 Å². The lowest BCUT2D eigenvalue weighted by Crippen LogP contribution is -2.51. The number of piperazine rings is 1. The molecule has 0 atom stereocenters. The normalized spacial score (nSPS) is 16.0. The minimum Gasteiger partial charge on any atom is -0.454 e. The Hall–Kier alpha value is -2.77. The second-order valence-electron chi connectivity index (χ2n) is 7.17. The number of hydrogen-bond donors (Lipinski definition) is 1. The summed E-state index contributed by atoms with van der Waals surface area (Å²) in [5.41, 5.74) is 2.53. The van der Waals surface area contributed by atoms with Gasteiger partial charge in [-0.3, -0.25) is 14.5 Å². The van der Waals surface area contributed by atoms with Crippen LogP contribution in [-0.2, 0) is 16.1 Å².